The summed E-state index contributed by atoms with van der Waals surface area (Å²) in [4.78, 5) is 12.3. The van der Waals surface area contributed by atoms with E-state index >= 15 is 0 Å². The van der Waals surface area contributed by atoms with Crippen molar-refractivity contribution in [1.82, 2.24) is 0 Å². The first-order valence-electron chi connectivity index (χ1n) is 7.48. The predicted molar refractivity (Wildman–Crippen MR) is 98.1 cm³/mol. The Bertz CT molecular complexity index is 1050. The van der Waals surface area contributed by atoms with Gasteiger partial charge >= 0.3 is 0 Å². The number of benzene rings is 2. The van der Waals surface area contributed by atoms with E-state index in [1.165, 1.54) is 36.4 Å². The van der Waals surface area contributed by atoms with E-state index in [2.05, 4.69) is 21.2 Å². The van der Waals surface area contributed by atoms with Crippen LogP contribution < -0.4 is 5.32 Å². The molecule has 0 saturated heterocycles. The molecule has 3 rings (SSSR count). The molecule has 0 aliphatic carbocycles. The van der Waals surface area contributed by atoms with Crippen molar-refractivity contribution >= 4 is 37.4 Å². The molecule has 0 atom stereocenters. The Kier molecular flexibility index (Phi) is 5.24. The van der Waals surface area contributed by atoms with Crippen molar-refractivity contribution in [3.8, 4) is 0 Å². The Morgan fingerprint density at radius 2 is 1.81 bits per heavy atom. The summed E-state index contributed by atoms with van der Waals surface area (Å²) in [6.07, 6.45) is 0. The molecule has 134 valence electrons. The van der Waals surface area contributed by atoms with E-state index in [0.717, 1.165) is 0 Å². The van der Waals surface area contributed by atoms with Crippen molar-refractivity contribution in [3.63, 3.8) is 0 Å². The van der Waals surface area contributed by atoms with E-state index in [1.54, 1.807) is 24.3 Å². The number of halogens is 2. The summed E-state index contributed by atoms with van der Waals surface area (Å²) in [6, 6.07) is 14.9. The fraction of sp³-hybridized carbons (Fsp3) is 0.0556. The minimum Gasteiger partial charge on any atom is -0.455 e. The lowest BCUT2D eigenvalue weighted by Gasteiger charge is -2.05. The second-order valence-electron chi connectivity index (χ2n) is 5.42. The summed E-state index contributed by atoms with van der Waals surface area (Å²) in [7, 11) is -3.59. The summed E-state index contributed by atoms with van der Waals surface area (Å²) >= 11 is 3.13. The van der Waals surface area contributed by atoms with Crippen LogP contribution in [0.1, 0.15) is 16.3 Å². The largest absolute Gasteiger partial charge is 0.455 e. The van der Waals surface area contributed by atoms with Crippen LogP contribution in [-0.2, 0) is 15.6 Å². The van der Waals surface area contributed by atoms with E-state index in [4.69, 9.17) is 4.42 Å². The van der Waals surface area contributed by atoms with Gasteiger partial charge in [-0.3, -0.25) is 4.79 Å². The molecule has 1 aromatic heterocycles. The Labute approximate surface area is 157 Å². The van der Waals surface area contributed by atoms with Crippen LogP contribution in [0.2, 0.25) is 0 Å². The van der Waals surface area contributed by atoms with Crippen molar-refractivity contribution < 1.29 is 22.0 Å². The van der Waals surface area contributed by atoms with Crippen molar-refractivity contribution in [2.24, 2.45) is 0 Å². The molecule has 0 aliphatic heterocycles. The third kappa shape index (κ3) is 4.20. The lowest BCUT2D eigenvalue weighted by atomic mass is 10.3. The highest BCUT2D eigenvalue weighted by molar-refractivity contribution is 9.10. The minimum absolute atomic E-state index is 0.00643. The molecule has 8 heteroatoms. The van der Waals surface area contributed by atoms with E-state index in [9.17, 15) is 17.6 Å². The molecule has 3 aromatic rings. The maximum absolute atomic E-state index is 13.8. The van der Waals surface area contributed by atoms with E-state index in [0.29, 0.717) is 4.47 Å². The molecule has 0 saturated carbocycles. The standard InChI is InChI=1S/C18H13BrFNO4S/c19-12-6-8-16(15(20)10-12)21-18(22)17-9-7-13(25-17)11-26(23,24)14-4-2-1-3-5-14/h1-10H,11H2,(H,21,22). The highest BCUT2D eigenvalue weighted by atomic mass is 79.9. The molecule has 0 aliphatic rings. The van der Waals surface area contributed by atoms with E-state index < -0.39 is 21.6 Å². The number of hydrogen-bond donors (Lipinski definition) is 1. The molecular formula is C18H13BrFNO4S. The Morgan fingerprint density at radius 1 is 1.08 bits per heavy atom. The van der Waals surface area contributed by atoms with Crippen LogP contribution in [0, 0.1) is 5.82 Å². The lowest BCUT2D eigenvalue weighted by molar-refractivity contribution is 0.0994. The summed E-state index contributed by atoms with van der Waals surface area (Å²) < 4.78 is 44.3. The molecule has 0 bridgehead atoms. The molecule has 1 amide bonds. The third-order valence-electron chi connectivity index (χ3n) is 3.50. The predicted octanol–water partition coefficient (Wildman–Crippen LogP) is 4.41. The highest BCUT2D eigenvalue weighted by Gasteiger charge is 2.19. The highest BCUT2D eigenvalue weighted by Crippen LogP contribution is 2.21. The molecule has 0 fully saturated rings. The molecular weight excluding hydrogens is 425 g/mol. The van der Waals surface area contributed by atoms with Gasteiger partial charge in [0.1, 0.15) is 17.3 Å². The SMILES string of the molecule is O=C(Nc1ccc(Br)cc1F)c1ccc(CS(=O)(=O)c2ccccc2)o1. The first kappa shape index (κ1) is 18.3. The van der Waals surface area contributed by atoms with Gasteiger partial charge in [-0.25, -0.2) is 12.8 Å². The van der Waals surface area contributed by atoms with Gasteiger partial charge in [-0.05, 0) is 42.5 Å². The zero-order chi connectivity index (χ0) is 18.7. The van der Waals surface area contributed by atoms with Gasteiger partial charge in [0.2, 0.25) is 0 Å². The fourth-order valence-electron chi connectivity index (χ4n) is 2.25. The van der Waals surface area contributed by atoms with Crippen molar-refractivity contribution in [2.45, 2.75) is 10.6 Å². The molecule has 1 heterocycles. The van der Waals surface area contributed by atoms with Crippen LogP contribution in [0.5, 0.6) is 0 Å². The lowest BCUT2D eigenvalue weighted by Crippen LogP contribution is -2.12. The Hall–Kier alpha value is -2.45. The molecule has 5 nitrogen and oxygen atoms in total. The van der Waals surface area contributed by atoms with Gasteiger partial charge < -0.3 is 9.73 Å². The summed E-state index contributed by atoms with van der Waals surface area (Å²) in [6.45, 7) is 0. The topological polar surface area (TPSA) is 76.4 Å². The Morgan fingerprint density at radius 3 is 2.50 bits per heavy atom. The van der Waals surface area contributed by atoms with Gasteiger partial charge in [-0.2, -0.15) is 0 Å². The quantitative estimate of drug-likeness (QED) is 0.641. The maximum Gasteiger partial charge on any atom is 0.291 e. The number of furan rings is 1. The average molecular weight is 438 g/mol. The van der Waals surface area contributed by atoms with Crippen molar-refractivity contribution in [1.29, 1.82) is 0 Å². The number of carbonyl (C=O) groups excluding carboxylic acids is 1. The van der Waals surface area contributed by atoms with Crippen molar-refractivity contribution in [2.75, 3.05) is 5.32 Å². The van der Waals surface area contributed by atoms with Gasteiger partial charge in [0.25, 0.3) is 5.91 Å². The van der Waals surface area contributed by atoms with Gasteiger partial charge in [-0.15, -0.1) is 0 Å². The second kappa shape index (κ2) is 7.43. The van der Waals surface area contributed by atoms with Crippen LogP contribution in [0.15, 0.2) is 74.4 Å². The molecule has 0 unspecified atom stereocenters. The van der Waals surface area contributed by atoms with Crippen LogP contribution in [-0.4, -0.2) is 14.3 Å². The van der Waals surface area contributed by atoms with Gasteiger partial charge in [0.05, 0.1) is 10.6 Å². The zero-order valence-electron chi connectivity index (χ0n) is 13.3. The van der Waals surface area contributed by atoms with Crippen LogP contribution >= 0.6 is 15.9 Å². The van der Waals surface area contributed by atoms with Crippen molar-refractivity contribution in [3.05, 3.63) is 82.5 Å². The van der Waals surface area contributed by atoms with E-state index in [-0.39, 0.29) is 27.9 Å². The zero-order valence-corrected chi connectivity index (χ0v) is 15.7. The number of hydrogen-bond acceptors (Lipinski definition) is 4. The Balaban J connectivity index is 1.74. The number of anilines is 1. The first-order chi connectivity index (χ1) is 12.3. The smallest absolute Gasteiger partial charge is 0.291 e. The van der Waals surface area contributed by atoms with Gasteiger partial charge in [0.15, 0.2) is 15.6 Å². The minimum atomic E-state index is -3.59. The molecule has 0 radical (unpaired) electrons. The second-order valence-corrected chi connectivity index (χ2v) is 8.32. The van der Waals surface area contributed by atoms with Gasteiger partial charge in [0, 0.05) is 4.47 Å². The first-order valence-corrected chi connectivity index (χ1v) is 9.92. The van der Waals surface area contributed by atoms with Crippen LogP contribution in [0.4, 0.5) is 10.1 Å². The number of sulfone groups is 1. The number of rotatable bonds is 5. The molecule has 2 aromatic carbocycles. The average Bonchev–Trinajstić information content (AvgIpc) is 3.06. The summed E-state index contributed by atoms with van der Waals surface area (Å²) in [5.41, 5.74) is -0.00643. The van der Waals surface area contributed by atoms with Gasteiger partial charge in [-0.1, -0.05) is 34.1 Å². The van der Waals surface area contributed by atoms with E-state index in [1.807, 2.05) is 0 Å². The fourth-order valence-corrected chi connectivity index (χ4v) is 3.85. The normalized spacial score (nSPS) is 11.3. The summed E-state index contributed by atoms with van der Waals surface area (Å²) in [5.74, 6) is -1.64. The molecule has 1 N–H and O–H groups in total. The monoisotopic (exact) mass is 437 g/mol. The molecule has 26 heavy (non-hydrogen) atoms. The molecule has 0 spiro atoms. The third-order valence-corrected chi connectivity index (χ3v) is 5.65. The van der Waals surface area contributed by atoms with Crippen LogP contribution in [0.25, 0.3) is 0 Å². The maximum atomic E-state index is 13.8. The summed E-state index contributed by atoms with van der Waals surface area (Å²) in [5, 5.41) is 2.38. The number of carbonyl (C=O) groups is 1. The van der Waals surface area contributed by atoms with Crippen LogP contribution in [0.3, 0.4) is 0 Å². The number of nitrogens with one attached hydrogen (secondary N) is 1. The number of amides is 1.